The Labute approximate surface area is 188 Å². The maximum Gasteiger partial charge on any atom is 0.338 e. The Kier molecular flexibility index (Phi) is 9.17. The Morgan fingerprint density at radius 1 is 1.23 bits per heavy atom. The third-order valence-electron chi connectivity index (χ3n) is 4.83. The minimum Gasteiger partial charge on any atom is -0.456 e. The van der Waals surface area contributed by atoms with Crippen molar-refractivity contribution >= 4 is 33.8 Å². The molecule has 1 aliphatic rings. The lowest BCUT2D eigenvalue weighted by molar-refractivity contribution is -0.272. The highest BCUT2D eigenvalue weighted by Crippen LogP contribution is 2.30. The van der Waals surface area contributed by atoms with Crippen LogP contribution in [0.5, 0.6) is 0 Å². The van der Waals surface area contributed by atoms with Crippen LogP contribution < -0.4 is 0 Å². The van der Waals surface area contributed by atoms with Crippen LogP contribution in [0.2, 0.25) is 0 Å². The summed E-state index contributed by atoms with van der Waals surface area (Å²) < 4.78 is 16.5. The third kappa shape index (κ3) is 5.91. The van der Waals surface area contributed by atoms with Crippen LogP contribution in [0.15, 0.2) is 36.9 Å². The third-order valence-corrected chi connectivity index (χ3v) is 5.43. The monoisotopic (exact) mass is 499 g/mol. The van der Waals surface area contributed by atoms with Gasteiger partial charge in [0.15, 0.2) is 18.5 Å². The Bertz CT molecular complexity index is 816. The molecule has 1 saturated heterocycles. The number of hydrogen-bond donors (Lipinski definition) is 2. The standard InChI is InChI=1S/C21H26BrNO8/c1-4-9-23(12(2)25)17-19(29-13(3)26)18(16(11-24)30-21(17)28)31-20(27)15-8-6-5-7-14(15)10-22/h4-8,16-19,21,24,28H,1,9-11H2,2-3H3/t16-,17-,18-,19-,21+/m1/s1. The van der Waals surface area contributed by atoms with Crippen LogP contribution in [0.1, 0.15) is 29.8 Å². The van der Waals surface area contributed by atoms with Gasteiger partial charge < -0.3 is 29.3 Å². The zero-order chi connectivity index (χ0) is 23.1. The van der Waals surface area contributed by atoms with Crippen molar-refractivity contribution < 1.29 is 38.8 Å². The van der Waals surface area contributed by atoms with Crippen molar-refractivity contribution in [3.8, 4) is 0 Å². The van der Waals surface area contributed by atoms with Gasteiger partial charge in [-0.2, -0.15) is 0 Å². The highest BCUT2D eigenvalue weighted by atomic mass is 79.9. The van der Waals surface area contributed by atoms with E-state index < -0.39 is 55.1 Å². The molecule has 1 aromatic rings. The number of hydrogen-bond acceptors (Lipinski definition) is 8. The van der Waals surface area contributed by atoms with Gasteiger partial charge in [0.25, 0.3) is 0 Å². The largest absolute Gasteiger partial charge is 0.456 e. The lowest BCUT2D eigenvalue weighted by Gasteiger charge is -2.46. The van der Waals surface area contributed by atoms with Crippen molar-refractivity contribution in [3.05, 3.63) is 48.0 Å². The summed E-state index contributed by atoms with van der Waals surface area (Å²) in [4.78, 5) is 38.2. The topological polar surface area (TPSA) is 123 Å². The fourth-order valence-electron chi connectivity index (χ4n) is 3.48. The molecule has 1 fully saturated rings. The molecular formula is C21H26BrNO8. The maximum atomic E-state index is 12.9. The predicted octanol–water partition coefficient (Wildman–Crippen LogP) is 1.15. The highest BCUT2D eigenvalue weighted by molar-refractivity contribution is 9.08. The molecule has 0 radical (unpaired) electrons. The molecule has 0 bridgehead atoms. The van der Waals surface area contributed by atoms with Crippen molar-refractivity contribution in [2.24, 2.45) is 0 Å². The van der Waals surface area contributed by atoms with Gasteiger partial charge in [0.05, 0.1) is 12.2 Å². The number of carbonyl (C=O) groups is 3. The van der Waals surface area contributed by atoms with Crippen LogP contribution >= 0.6 is 15.9 Å². The number of esters is 2. The van der Waals surface area contributed by atoms with E-state index in [0.29, 0.717) is 10.9 Å². The van der Waals surface area contributed by atoms with Crippen LogP contribution in [0.4, 0.5) is 0 Å². The average Bonchev–Trinajstić information content (AvgIpc) is 2.73. The van der Waals surface area contributed by atoms with Crippen LogP contribution in [-0.4, -0.2) is 76.8 Å². The molecule has 1 heterocycles. The summed E-state index contributed by atoms with van der Waals surface area (Å²) in [5.41, 5.74) is 0.942. The van der Waals surface area contributed by atoms with Gasteiger partial charge in [-0.1, -0.05) is 40.2 Å². The number of alkyl halides is 1. The van der Waals surface area contributed by atoms with Gasteiger partial charge in [-0.3, -0.25) is 9.59 Å². The SMILES string of the molecule is C=CCN(C(C)=O)[C@@H]1[C@@H](OC(C)=O)[C@H](OC(=O)c2ccccc2CBr)[C@@H](CO)O[C@@H]1O. The molecule has 1 amide bonds. The van der Waals surface area contributed by atoms with Gasteiger partial charge in [-0.25, -0.2) is 4.79 Å². The van der Waals surface area contributed by atoms with E-state index in [0.717, 1.165) is 6.92 Å². The van der Waals surface area contributed by atoms with E-state index in [1.165, 1.54) is 17.9 Å². The van der Waals surface area contributed by atoms with E-state index in [1.807, 2.05) is 0 Å². The predicted molar refractivity (Wildman–Crippen MR) is 113 cm³/mol. The molecule has 0 unspecified atom stereocenters. The molecule has 10 heteroatoms. The quantitative estimate of drug-likeness (QED) is 0.310. The molecule has 170 valence electrons. The lowest BCUT2D eigenvalue weighted by atomic mass is 9.94. The number of halogens is 1. The van der Waals surface area contributed by atoms with Crippen LogP contribution in [0.25, 0.3) is 0 Å². The van der Waals surface area contributed by atoms with Crippen LogP contribution in [-0.2, 0) is 29.1 Å². The van der Waals surface area contributed by atoms with Crippen molar-refractivity contribution in [1.29, 1.82) is 0 Å². The summed E-state index contributed by atoms with van der Waals surface area (Å²) in [5, 5.41) is 20.7. The Balaban J connectivity index is 2.46. The fourth-order valence-corrected chi connectivity index (χ4v) is 3.97. The molecule has 0 saturated carbocycles. The van der Waals surface area contributed by atoms with E-state index in [4.69, 9.17) is 14.2 Å². The minimum atomic E-state index is -1.60. The summed E-state index contributed by atoms with van der Waals surface area (Å²) in [5.74, 6) is -1.89. The van der Waals surface area contributed by atoms with Gasteiger partial charge in [0, 0.05) is 25.7 Å². The molecule has 0 aromatic heterocycles. The summed E-state index contributed by atoms with van der Waals surface area (Å²) in [6.45, 7) is 5.41. The van der Waals surface area contributed by atoms with Gasteiger partial charge in [-0.15, -0.1) is 6.58 Å². The molecule has 1 aromatic carbocycles. The first-order chi connectivity index (χ1) is 14.7. The first-order valence-electron chi connectivity index (χ1n) is 9.59. The van der Waals surface area contributed by atoms with Gasteiger partial charge >= 0.3 is 11.9 Å². The van der Waals surface area contributed by atoms with Crippen LogP contribution in [0, 0.1) is 0 Å². The van der Waals surface area contributed by atoms with Gasteiger partial charge in [-0.05, 0) is 11.6 Å². The number of benzene rings is 1. The number of rotatable bonds is 8. The van der Waals surface area contributed by atoms with E-state index >= 15 is 0 Å². The lowest BCUT2D eigenvalue weighted by Crippen LogP contribution is -2.66. The summed E-state index contributed by atoms with van der Waals surface area (Å²) in [6, 6.07) is 5.56. The zero-order valence-electron chi connectivity index (χ0n) is 17.3. The second-order valence-electron chi connectivity index (χ2n) is 6.93. The number of ether oxygens (including phenoxy) is 3. The molecule has 31 heavy (non-hydrogen) atoms. The summed E-state index contributed by atoms with van der Waals surface area (Å²) >= 11 is 3.31. The second-order valence-corrected chi connectivity index (χ2v) is 7.49. The van der Waals surface area contributed by atoms with E-state index in [2.05, 4.69) is 22.5 Å². The van der Waals surface area contributed by atoms with Crippen molar-refractivity contribution in [1.82, 2.24) is 4.90 Å². The normalized spacial score (nSPS) is 25.4. The van der Waals surface area contributed by atoms with Crippen LogP contribution in [0.3, 0.4) is 0 Å². The fraction of sp³-hybridized carbons (Fsp3) is 0.476. The first-order valence-corrected chi connectivity index (χ1v) is 10.7. The number of nitrogens with zero attached hydrogens (tertiary/aromatic N) is 1. The number of carbonyl (C=O) groups excluding carboxylic acids is 3. The summed E-state index contributed by atoms with van der Waals surface area (Å²) in [7, 11) is 0. The molecule has 0 spiro atoms. The molecule has 2 rings (SSSR count). The van der Waals surface area contributed by atoms with E-state index in [-0.39, 0.29) is 12.1 Å². The summed E-state index contributed by atoms with van der Waals surface area (Å²) in [6.07, 6.45) is -3.93. The molecule has 9 nitrogen and oxygen atoms in total. The number of amides is 1. The molecule has 0 aliphatic carbocycles. The second kappa shape index (κ2) is 11.4. The molecule has 5 atom stereocenters. The molecular weight excluding hydrogens is 474 g/mol. The average molecular weight is 500 g/mol. The maximum absolute atomic E-state index is 12.9. The Morgan fingerprint density at radius 3 is 2.45 bits per heavy atom. The first kappa shape index (κ1) is 25.0. The van der Waals surface area contributed by atoms with Crippen molar-refractivity contribution in [2.75, 3.05) is 13.2 Å². The number of aliphatic hydroxyl groups is 2. The molecule has 1 aliphatic heterocycles. The Hall–Kier alpha value is -2.27. The molecule has 2 N–H and O–H groups in total. The number of aliphatic hydroxyl groups excluding tert-OH is 2. The van der Waals surface area contributed by atoms with E-state index in [9.17, 15) is 24.6 Å². The zero-order valence-corrected chi connectivity index (χ0v) is 18.9. The Morgan fingerprint density at radius 2 is 1.90 bits per heavy atom. The van der Waals surface area contributed by atoms with Gasteiger partial charge in [0.2, 0.25) is 5.91 Å². The highest BCUT2D eigenvalue weighted by Gasteiger charge is 2.52. The van der Waals surface area contributed by atoms with Crippen molar-refractivity contribution in [2.45, 2.75) is 49.8 Å². The van der Waals surface area contributed by atoms with Gasteiger partial charge in [0.1, 0.15) is 12.1 Å². The smallest absolute Gasteiger partial charge is 0.338 e. The minimum absolute atomic E-state index is 0.0229. The van der Waals surface area contributed by atoms with E-state index in [1.54, 1.807) is 24.3 Å². The van der Waals surface area contributed by atoms with Crippen molar-refractivity contribution in [3.63, 3.8) is 0 Å².